The average Bonchev–Trinajstić information content (AvgIpc) is 3.47. The molecule has 5 aromatic rings. The molecular weight excluding hydrogens is 504 g/mol. The van der Waals surface area contributed by atoms with Crippen molar-refractivity contribution in [2.75, 3.05) is 32.7 Å². The van der Waals surface area contributed by atoms with E-state index in [-0.39, 0.29) is 11.9 Å². The third-order valence-electron chi connectivity index (χ3n) is 7.19. The van der Waals surface area contributed by atoms with E-state index >= 15 is 0 Å². The number of ether oxygens (including phenoxy) is 1. The molecule has 2 aliphatic rings. The lowest BCUT2D eigenvalue weighted by Gasteiger charge is -2.41. The molecule has 1 N–H and O–H groups in total. The highest BCUT2D eigenvalue weighted by Gasteiger charge is 2.32. The normalized spacial score (nSPS) is 16.1. The number of nitrogens with zero attached hydrogens (tertiary/aromatic N) is 7. The molecule has 5 heterocycles. The molecule has 1 amide bonds. The molecule has 2 aliphatic heterocycles. The highest BCUT2D eigenvalue weighted by Crippen LogP contribution is 2.36. The van der Waals surface area contributed by atoms with Gasteiger partial charge in [-0.05, 0) is 37.6 Å². The summed E-state index contributed by atoms with van der Waals surface area (Å²) in [5.41, 5.74) is 4.56. The summed E-state index contributed by atoms with van der Waals surface area (Å²) >= 11 is 6.75. The number of carbonyl (C=O) groups excluding carboxylic acids is 1. The fourth-order valence-electron chi connectivity index (χ4n) is 4.92. The lowest BCUT2D eigenvalue weighted by molar-refractivity contribution is -0.137. The number of benzene rings is 2. The van der Waals surface area contributed by atoms with Crippen molar-refractivity contribution in [2.24, 2.45) is 0 Å². The average molecular weight is 529 g/mol. The minimum absolute atomic E-state index is 0.222. The first-order chi connectivity index (χ1) is 18.5. The first-order valence-electron chi connectivity index (χ1n) is 12.6. The molecule has 2 fully saturated rings. The van der Waals surface area contributed by atoms with Crippen molar-refractivity contribution >= 4 is 39.6 Å². The molecule has 0 bridgehead atoms. The molecule has 192 valence electrons. The van der Waals surface area contributed by atoms with Crippen molar-refractivity contribution in [3.05, 3.63) is 59.8 Å². The minimum atomic E-state index is 0.222. The van der Waals surface area contributed by atoms with Crippen molar-refractivity contribution in [2.45, 2.75) is 19.4 Å². The van der Waals surface area contributed by atoms with Crippen LogP contribution in [-0.4, -0.2) is 78.1 Å². The Morgan fingerprint density at radius 3 is 2.79 bits per heavy atom. The van der Waals surface area contributed by atoms with Crippen LogP contribution >= 0.6 is 11.6 Å². The summed E-state index contributed by atoms with van der Waals surface area (Å²) in [5, 5.41) is 4.95. The van der Waals surface area contributed by atoms with E-state index in [1.165, 1.54) is 0 Å². The van der Waals surface area contributed by atoms with E-state index < -0.39 is 0 Å². The van der Waals surface area contributed by atoms with Crippen molar-refractivity contribution < 1.29 is 9.53 Å². The Balaban J connectivity index is 1.08. The van der Waals surface area contributed by atoms with Crippen molar-refractivity contribution in [3.8, 4) is 22.8 Å². The molecule has 0 unspecified atom stereocenters. The van der Waals surface area contributed by atoms with Crippen LogP contribution < -0.4 is 4.74 Å². The smallest absolute Gasteiger partial charge is 0.236 e. The predicted octanol–water partition coefficient (Wildman–Crippen LogP) is 4.21. The van der Waals surface area contributed by atoms with Crippen LogP contribution in [0.5, 0.6) is 11.5 Å². The molecule has 3 aromatic heterocycles. The van der Waals surface area contributed by atoms with Gasteiger partial charge >= 0.3 is 0 Å². The minimum Gasteiger partial charge on any atom is -0.456 e. The van der Waals surface area contributed by atoms with Crippen LogP contribution in [0.15, 0.2) is 48.9 Å². The molecule has 0 saturated carbocycles. The Labute approximate surface area is 223 Å². The molecule has 2 saturated heterocycles. The number of aromatic nitrogens is 6. The molecule has 2 aromatic carbocycles. The molecule has 0 spiro atoms. The van der Waals surface area contributed by atoms with Gasteiger partial charge in [-0.1, -0.05) is 11.6 Å². The molecule has 10 nitrogen and oxygen atoms in total. The summed E-state index contributed by atoms with van der Waals surface area (Å²) in [6.07, 6.45) is 6.61. The van der Waals surface area contributed by atoms with E-state index in [1.54, 1.807) is 18.5 Å². The van der Waals surface area contributed by atoms with Crippen LogP contribution in [0.1, 0.15) is 18.3 Å². The molecule has 0 atom stereocenters. The number of H-pyrrole nitrogens is 1. The van der Waals surface area contributed by atoms with Crippen LogP contribution in [0.3, 0.4) is 0 Å². The zero-order valence-electron chi connectivity index (χ0n) is 20.8. The summed E-state index contributed by atoms with van der Waals surface area (Å²) in [6.45, 7) is 5.80. The lowest BCUT2D eigenvalue weighted by atomic mass is 10.1. The first kappa shape index (κ1) is 23.1. The summed E-state index contributed by atoms with van der Waals surface area (Å²) in [7, 11) is 0. The molecule has 0 aliphatic carbocycles. The first-order valence-corrected chi connectivity index (χ1v) is 13.0. The molecule has 0 radical (unpaired) electrons. The Bertz CT molecular complexity index is 1690. The maximum atomic E-state index is 12.2. The van der Waals surface area contributed by atoms with Gasteiger partial charge in [0, 0.05) is 44.0 Å². The number of hydrogen-bond acceptors (Lipinski definition) is 7. The van der Waals surface area contributed by atoms with E-state index in [2.05, 4.69) is 25.0 Å². The lowest BCUT2D eigenvalue weighted by Crippen LogP contribution is -2.54. The Kier molecular flexibility index (Phi) is 5.52. The second-order valence-electron chi connectivity index (χ2n) is 9.90. The zero-order valence-corrected chi connectivity index (χ0v) is 21.5. The van der Waals surface area contributed by atoms with Gasteiger partial charge in [-0.25, -0.2) is 9.97 Å². The van der Waals surface area contributed by atoms with Crippen molar-refractivity contribution in [3.63, 3.8) is 0 Å². The summed E-state index contributed by atoms with van der Waals surface area (Å²) in [4.78, 5) is 33.3. The van der Waals surface area contributed by atoms with Gasteiger partial charge < -0.3 is 14.6 Å². The van der Waals surface area contributed by atoms with E-state index in [0.29, 0.717) is 39.8 Å². The number of aromatic amines is 1. The number of nitrogens with one attached hydrogen (secondary N) is 1. The van der Waals surface area contributed by atoms with E-state index in [0.717, 1.165) is 55.0 Å². The maximum Gasteiger partial charge on any atom is 0.236 e. The van der Waals surface area contributed by atoms with Gasteiger partial charge in [0.25, 0.3) is 0 Å². The maximum absolute atomic E-state index is 12.2. The number of carbonyl (C=O) groups is 1. The Morgan fingerprint density at radius 2 is 1.97 bits per heavy atom. The van der Waals surface area contributed by atoms with Gasteiger partial charge in [0.1, 0.15) is 27.9 Å². The topological polar surface area (TPSA) is 105 Å². The Morgan fingerprint density at radius 1 is 1.13 bits per heavy atom. The van der Waals surface area contributed by atoms with Gasteiger partial charge in [0.2, 0.25) is 5.91 Å². The van der Waals surface area contributed by atoms with Gasteiger partial charge in [-0.2, -0.15) is 5.10 Å². The highest BCUT2D eigenvalue weighted by molar-refractivity contribution is 6.36. The summed E-state index contributed by atoms with van der Waals surface area (Å²) < 4.78 is 8.05. The van der Waals surface area contributed by atoms with E-state index in [4.69, 9.17) is 21.3 Å². The Hall–Kier alpha value is -4.02. The standard InChI is InChI=1S/C27H25ClN8O2/c1-16-31-20-4-3-19(9-22(20)32-16)38-24-6-5-21-27(26(24)28)33-23(11-29-21)17-10-30-36(12-17)18-13-34(14-18)15-25(37)35-7-2-8-35/h3-6,9-12,18H,2,7-8,13-15H2,1H3,(H,31,32). The number of rotatable bonds is 6. The molecule has 7 rings (SSSR count). The number of amides is 1. The monoisotopic (exact) mass is 528 g/mol. The molecule has 38 heavy (non-hydrogen) atoms. The van der Waals surface area contributed by atoms with Crippen molar-refractivity contribution in [1.82, 2.24) is 39.5 Å². The van der Waals surface area contributed by atoms with Gasteiger partial charge in [0.05, 0.1) is 47.2 Å². The fraction of sp³-hybridized carbons (Fsp3) is 0.296. The van der Waals surface area contributed by atoms with Crippen LogP contribution in [0.25, 0.3) is 33.3 Å². The number of aryl methyl sites for hydroxylation is 1. The number of likely N-dealkylation sites (tertiary alicyclic amines) is 2. The highest BCUT2D eigenvalue weighted by atomic mass is 35.5. The van der Waals surface area contributed by atoms with Gasteiger partial charge in [0.15, 0.2) is 0 Å². The van der Waals surface area contributed by atoms with Gasteiger partial charge in [-0.15, -0.1) is 0 Å². The fourth-order valence-corrected chi connectivity index (χ4v) is 5.16. The predicted molar refractivity (Wildman–Crippen MR) is 143 cm³/mol. The van der Waals surface area contributed by atoms with Gasteiger partial charge in [-0.3, -0.25) is 19.4 Å². The third kappa shape index (κ3) is 4.15. The molecular formula is C27H25ClN8O2. The summed E-state index contributed by atoms with van der Waals surface area (Å²) in [5.74, 6) is 2.21. The van der Waals surface area contributed by atoms with E-state index in [1.807, 2.05) is 47.0 Å². The zero-order chi connectivity index (χ0) is 25.8. The number of fused-ring (bicyclic) bond motifs is 2. The van der Waals surface area contributed by atoms with Crippen LogP contribution in [-0.2, 0) is 4.79 Å². The van der Waals surface area contributed by atoms with Crippen LogP contribution in [0, 0.1) is 6.92 Å². The number of imidazole rings is 1. The SMILES string of the molecule is Cc1nc2ccc(Oc3ccc4ncc(-c5cnn(C6CN(CC(=O)N7CCC7)C6)c5)nc4c3Cl)cc2[nH]1. The second-order valence-corrected chi connectivity index (χ2v) is 10.3. The quantitative estimate of drug-likeness (QED) is 0.352. The third-order valence-corrected chi connectivity index (χ3v) is 7.56. The number of hydrogen-bond donors (Lipinski definition) is 1. The molecule has 11 heteroatoms. The largest absolute Gasteiger partial charge is 0.456 e. The van der Waals surface area contributed by atoms with Crippen LogP contribution in [0.4, 0.5) is 0 Å². The number of halogens is 1. The van der Waals surface area contributed by atoms with Crippen molar-refractivity contribution in [1.29, 1.82) is 0 Å². The van der Waals surface area contributed by atoms with E-state index in [9.17, 15) is 4.79 Å². The van der Waals surface area contributed by atoms with Crippen LogP contribution in [0.2, 0.25) is 5.02 Å². The second kappa shape index (κ2) is 9.07. The summed E-state index contributed by atoms with van der Waals surface area (Å²) in [6, 6.07) is 9.55.